The minimum Gasteiger partial charge on any atom is -0.324 e. The molecule has 0 saturated carbocycles. The standard InChI is InChI=1S/C20H27N/c1-19(2)10-11-20(3,4)17-13-18(21)15(12-16(17)19)14-8-6-5-7-9-14/h5-9,12,18H,10-11,13,21H2,1-4H3/t18-/m1/s1. The molecule has 2 N–H and O–H groups in total. The lowest BCUT2D eigenvalue weighted by Gasteiger charge is -2.46. The molecule has 1 aromatic carbocycles. The fourth-order valence-electron chi connectivity index (χ4n) is 3.87. The molecule has 0 aromatic heterocycles. The first-order valence-corrected chi connectivity index (χ1v) is 8.08. The number of rotatable bonds is 1. The van der Waals surface area contributed by atoms with Crippen molar-refractivity contribution in [3.63, 3.8) is 0 Å². The first-order valence-electron chi connectivity index (χ1n) is 8.08. The molecule has 0 heterocycles. The summed E-state index contributed by atoms with van der Waals surface area (Å²) < 4.78 is 0. The van der Waals surface area contributed by atoms with Gasteiger partial charge in [-0.2, -0.15) is 0 Å². The van der Waals surface area contributed by atoms with E-state index < -0.39 is 0 Å². The predicted octanol–water partition coefficient (Wildman–Crippen LogP) is 4.94. The summed E-state index contributed by atoms with van der Waals surface area (Å²) in [6.07, 6.45) is 5.93. The summed E-state index contributed by atoms with van der Waals surface area (Å²) >= 11 is 0. The van der Waals surface area contributed by atoms with Gasteiger partial charge in [-0.05, 0) is 46.8 Å². The molecule has 0 amide bonds. The molecule has 1 nitrogen and oxygen atoms in total. The molecule has 2 aliphatic rings. The minimum absolute atomic E-state index is 0.124. The Hall–Kier alpha value is -1.34. The average Bonchev–Trinajstić information content (AvgIpc) is 2.45. The second-order valence-corrected chi connectivity index (χ2v) is 7.94. The number of benzene rings is 1. The van der Waals surface area contributed by atoms with Crippen LogP contribution in [-0.2, 0) is 0 Å². The van der Waals surface area contributed by atoms with Crippen LogP contribution in [0.1, 0.15) is 52.5 Å². The Morgan fingerprint density at radius 3 is 2.24 bits per heavy atom. The van der Waals surface area contributed by atoms with Gasteiger partial charge in [-0.1, -0.05) is 69.7 Å². The molecular formula is C20H27N. The summed E-state index contributed by atoms with van der Waals surface area (Å²) in [4.78, 5) is 0. The van der Waals surface area contributed by atoms with Gasteiger partial charge in [0.05, 0.1) is 0 Å². The molecule has 2 aliphatic carbocycles. The third-order valence-corrected chi connectivity index (χ3v) is 5.48. The van der Waals surface area contributed by atoms with E-state index in [0.29, 0.717) is 5.41 Å². The predicted molar refractivity (Wildman–Crippen MR) is 90.8 cm³/mol. The molecule has 3 rings (SSSR count). The molecule has 0 radical (unpaired) electrons. The summed E-state index contributed by atoms with van der Waals surface area (Å²) in [5.41, 5.74) is 12.8. The molecule has 0 fully saturated rings. The Bertz CT molecular complexity index is 602. The number of hydrogen-bond donors (Lipinski definition) is 1. The quantitative estimate of drug-likeness (QED) is 0.775. The Balaban J connectivity index is 2.14. The maximum atomic E-state index is 6.53. The summed E-state index contributed by atoms with van der Waals surface area (Å²) in [7, 11) is 0. The fourth-order valence-corrected chi connectivity index (χ4v) is 3.87. The molecule has 0 unspecified atom stereocenters. The van der Waals surface area contributed by atoms with E-state index in [0.717, 1.165) is 6.42 Å². The van der Waals surface area contributed by atoms with Gasteiger partial charge in [0.2, 0.25) is 0 Å². The zero-order valence-electron chi connectivity index (χ0n) is 13.7. The maximum absolute atomic E-state index is 6.53. The highest BCUT2D eigenvalue weighted by Gasteiger charge is 2.40. The highest BCUT2D eigenvalue weighted by Crippen LogP contribution is 2.53. The van der Waals surface area contributed by atoms with Crippen molar-refractivity contribution < 1.29 is 0 Å². The second kappa shape index (κ2) is 4.84. The molecule has 0 aliphatic heterocycles. The van der Waals surface area contributed by atoms with Crippen LogP contribution >= 0.6 is 0 Å². The fraction of sp³-hybridized carbons (Fsp3) is 0.500. The van der Waals surface area contributed by atoms with E-state index in [9.17, 15) is 0 Å². The van der Waals surface area contributed by atoms with E-state index in [2.05, 4.69) is 64.1 Å². The summed E-state index contributed by atoms with van der Waals surface area (Å²) in [6, 6.07) is 10.7. The number of allylic oxidation sites excluding steroid dienone is 2. The molecule has 0 bridgehead atoms. The van der Waals surface area contributed by atoms with Gasteiger partial charge >= 0.3 is 0 Å². The van der Waals surface area contributed by atoms with E-state index in [-0.39, 0.29) is 11.5 Å². The zero-order chi connectivity index (χ0) is 15.3. The maximum Gasteiger partial charge on any atom is 0.0339 e. The van der Waals surface area contributed by atoms with E-state index in [4.69, 9.17) is 5.73 Å². The Kier molecular flexibility index (Phi) is 3.37. The lowest BCUT2D eigenvalue weighted by atomic mass is 9.59. The third kappa shape index (κ3) is 2.48. The van der Waals surface area contributed by atoms with Gasteiger partial charge in [0, 0.05) is 6.04 Å². The molecular weight excluding hydrogens is 254 g/mol. The van der Waals surface area contributed by atoms with Crippen LogP contribution in [0.2, 0.25) is 0 Å². The highest BCUT2D eigenvalue weighted by atomic mass is 14.7. The second-order valence-electron chi connectivity index (χ2n) is 7.94. The number of hydrogen-bond acceptors (Lipinski definition) is 1. The Morgan fingerprint density at radius 2 is 1.57 bits per heavy atom. The van der Waals surface area contributed by atoms with E-state index in [1.165, 1.54) is 24.0 Å². The van der Waals surface area contributed by atoms with Gasteiger partial charge in [0.1, 0.15) is 0 Å². The molecule has 0 spiro atoms. The average molecular weight is 281 g/mol. The molecule has 0 saturated heterocycles. The van der Waals surface area contributed by atoms with Crippen molar-refractivity contribution in [2.45, 2.75) is 53.0 Å². The topological polar surface area (TPSA) is 26.0 Å². The van der Waals surface area contributed by atoms with E-state index >= 15 is 0 Å². The van der Waals surface area contributed by atoms with Crippen LogP contribution in [0.4, 0.5) is 0 Å². The normalized spacial score (nSPS) is 27.1. The highest BCUT2D eigenvalue weighted by molar-refractivity contribution is 5.75. The lowest BCUT2D eigenvalue weighted by molar-refractivity contribution is 0.257. The van der Waals surface area contributed by atoms with Gasteiger partial charge in [0.25, 0.3) is 0 Å². The van der Waals surface area contributed by atoms with Crippen molar-refractivity contribution in [1.29, 1.82) is 0 Å². The van der Waals surface area contributed by atoms with Crippen molar-refractivity contribution in [2.24, 2.45) is 16.6 Å². The van der Waals surface area contributed by atoms with Crippen molar-refractivity contribution >= 4 is 5.57 Å². The van der Waals surface area contributed by atoms with Crippen LogP contribution in [0.3, 0.4) is 0 Å². The lowest BCUT2D eigenvalue weighted by Crippen LogP contribution is -2.37. The van der Waals surface area contributed by atoms with Gasteiger partial charge < -0.3 is 5.73 Å². The van der Waals surface area contributed by atoms with Gasteiger partial charge in [-0.15, -0.1) is 0 Å². The van der Waals surface area contributed by atoms with Gasteiger partial charge in [-0.3, -0.25) is 0 Å². The molecule has 1 aromatic rings. The van der Waals surface area contributed by atoms with Gasteiger partial charge in [-0.25, -0.2) is 0 Å². The summed E-state index contributed by atoms with van der Waals surface area (Å²) in [5.74, 6) is 0. The van der Waals surface area contributed by atoms with Crippen molar-refractivity contribution in [3.8, 4) is 0 Å². The molecule has 1 atom stereocenters. The SMILES string of the molecule is CC1(C)CCC(C)(C)C2=C1C=C(c1ccccc1)[C@H](N)C2. The van der Waals surface area contributed by atoms with Crippen LogP contribution in [0, 0.1) is 10.8 Å². The van der Waals surface area contributed by atoms with E-state index in [1.807, 2.05) is 0 Å². The van der Waals surface area contributed by atoms with Crippen molar-refractivity contribution in [3.05, 3.63) is 53.1 Å². The first kappa shape index (κ1) is 14.6. The van der Waals surface area contributed by atoms with Crippen molar-refractivity contribution in [2.75, 3.05) is 0 Å². The molecule has 112 valence electrons. The summed E-state index contributed by atoms with van der Waals surface area (Å²) in [6.45, 7) is 9.53. The smallest absolute Gasteiger partial charge is 0.0339 e. The van der Waals surface area contributed by atoms with E-state index in [1.54, 1.807) is 11.1 Å². The first-order chi connectivity index (χ1) is 9.81. The van der Waals surface area contributed by atoms with Crippen LogP contribution in [0.25, 0.3) is 5.57 Å². The van der Waals surface area contributed by atoms with Crippen LogP contribution < -0.4 is 5.73 Å². The number of nitrogens with two attached hydrogens (primary N) is 1. The zero-order valence-corrected chi connectivity index (χ0v) is 13.7. The van der Waals surface area contributed by atoms with Crippen molar-refractivity contribution in [1.82, 2.24) is 0 Å². The largest absolute Gasteiger partial charge is 0.324 e. The molecule has 21 heavy (non-hydrogen) atoms. The monoisotopic (exact) mass is 281 g/mol. The Labute approximate surface area is 128 Å². The molecule has 1 heteroatoms. The minimum atomic E-state index is 0.124. The van der Waals surface area contributed by atoms with Crippen LogP contribution in [-0.4, -0.2) is 6.04 Å². The van der Waals surface area contributed by atoms with Gasteiger partial charge in [0.15, 0.2) is 0 Å². The van der Waals surface area contributed by atoms with Crippen LogP contribution in [0.15, 0.2) is 47.6 Å². The Morgan fingerprint density at radius 1 is 0.952 bits per heavy atom. The van der Waals surface area contributed by atoms with Crippen LogP contribution in [0.5, 0.6) is 0 Å². The third-order valence-electron chi connectivity index (χ3n) is 5.48. The summed E-state index contributed by atoms with van der Waals surface area (Å²) in [5, 5.41) is 0.